The maximum Gasteiger partial charge on any atom is 0.263 e. The molecule has 0 unspecified atom stereocenters. The molecule has 5 aromatic rings. The van der Waals surface area contributed by atoms with Crippen LogP contribution in [0.3, 0.4) is 0 Å². The topological polar surface area (TPSA) is 47.8 Å². The smallest absolute Gasteiger partial charge is 0.263 e. The molecule has 0 fully saturated rings. The van der Waals surface area contributed by atoms with Gasteiger partial charge in [0.1, 0.15) is 10.6 Å². The minimum absolute atomic E-state index is 0.144. The van der Waals surface area contributed by atoms with Crippen molar-refractivity contribution in [1.82, 2.24) is 14.5 Å². The molecular formula is C22H13ClFN3OS. The summed E-state index contributed by atoms with van der Waals surface area (Å²) in [7, 11) is 0. The molecule has 0 aliphatic rings. The molecule has 29 heavy (non-hydrogen) atoms. The molecule has 0 N–H and O–H groups in total. The molecule has 0 aliphatic carbocycles. The number of fused-ring (bicyclic) bond motifs is 2. The second-order valence-electron chi connectivity index (χ2n) is 6.62. The van der Waals surface area contributed by atoms with Crippen molar-refractivity contribution >= 4 is 44.1 Å². The van der Waals surface area contributed by atoms with Crippen molar-refractivity contribution in [2.24, 2.45) is 0 Å². The monoisotopic (exact) mass is 421 g/mol. The van der Waals surface area contributed by atoms with Gasteiger partial charge in [-0.05, 0) is 41.5 Å². The van der Waals surface area contributed by atoms with Crippen LogP contribution in [0.1, 0.15) is 5.56 Å². The number of hydrogen-bond acceptors (Lipinski definition) is 4. The molecular weight excluding hydrogens is 409 g/mol. The lowest BCUT2D eigenvalue weighted by molar-refractivity contribution is 0.628. The summed E-state index contributed by atoms with van der Waals surface area (Å²) in [5, 5.41) is 3.89. The summed E-state index contributed by atoms with van der Waals surface area (Å²) in [6.45, 7) is 0.325. The third-order valence-electron chi connectivity index (χ3n) is 4.86. The van der Waals surface area contributed by atoms with Gasteiger partial charge in [0.2, 0.25) is 0 Å². The van der Waals surface area contributed by atoms with Crippen LogP contribution in [0, 0.1) is 5.82 Å². The van der Waals surface area contributed by atoms with Crippen molar-refractivity contribution in [3.63, 3.8) is 0 Å². The highest BCUT2D eigenvalue weighted by Crippen LogP contribution is 2.31. The Hall–Kier alpha value is -3.09. The SMILES string of the molecule is O=c1c2c(-c3ccc(F)cc3)csc2ncn1Cc1ccc(Cl)c2cccnc12. The Morgan fingerprint density at radius 2 is 1.90 bits per heavy atom. The van der Waals surface area contributed by atoms with Crippen LogP contribution in [0.5, 0.6) is 0 Å². The van der Waals surface area contributed by atoms with E-state index in [1.807, 2.05) is 29.6 Å². The summed E-state index contributed by atoms with van der Waals surface area (Å²) in [6.07, 6.45) is 3.26. The third kappa shape index (κ3) is 3.10. The van der Waals surface area contributed by atoms with Crippen LogP contribution >= 0.6 is 22.9 Å². The highest BCUT2D eigenvalue weighted by molar-refractivity contribution is 7.17. The number of halogens is 2. The fourth-order valence-electron chi connectivity index (χ4n) is 3.43. The maximum absolute atomic E-state index is 13.3. The van der Waals surface area contributed by atoms with Gasteiger partial charge < -0.3 is 0 Å². The van der Waals surface area contributed by atoms with Crippen molar-refractivity contribution in [2.45, 2.75) is 6.54 Å². The summed E-state index contributed by atoms with van der Waals surface area (Å²) in [5.41, 5.74) is 3.04. The molecule has 5 rings (SSSR count). The van der Waals surface area contributed by atoms with E-state index in [0.29, 0.717) is 21.8 Å². The van der Waals surface area contributed by atoms with E-state index < -0.39 is 0 Å². The van der Waals surface area contributed by atoms with Crippen molar-refractivity contribution < 1.29 is 4.39 Å². The fraction of sp³-hybridized carbons (Fsp3) is 0.0455. The number of aromatic nitrogens is 3. The van der Waals surface area contributed by atoms with Crippen LogP contribution in [-0.2, 0) is 6.54 Å². The van der Waals surface area contributed by atoms with Crippen LogP contribution in [0.4, 0.5) is 4.39 Å². The molecule has 0 atom stereocenters. The van der Waals surface area contributed by atoms with Crippen molar-refractivity contribution in [3.8, 4) is 11.1 Å². The van der Waals surface area contributed by atoms with Gasteiger partial charge in [-0.3, -0.25) is 14.3 Å². The molecule has 2 aromatic carbocycles. The molecule has 0 spiro atoms. The Bertz CT molecular complexity index is 1430. The largest absolute Gasteiger partial charge is 0.294 e. The minimum atomic E-state index is -0.314. The van der Waals surface area contributed by atoms with Gasteiger partial charge in [0.05, 0.1) is 23.8 Å². The number of pyridine rings is 1. The summed E-state index contributed by atoms with van der Waals surface area (Å²) in [6, 6.07) is 13.5. The first kappa shape index (κ1) is 18.0. The molecule has 7 heteroatoms. The standard InChI is InChI=1S/C22H13ClFN3OS/c23-18-8-5-14(20-16(18)2-1-9-25-20)10-27-12-26-21-19(22(27)28)17(11-29-21)13-3-6-15(24)7-4-13/h1-9,11-12H,10H2. The van der Waals surface area contributed by atoms with Crippen LogP contribution in [0.15, 0.2) is 71.2 Å². The van der Waals surface area contributed by atoms with Gasteiger partial charge in [-0.2, -0.15) is 0 Å². The van der Waals surface area contributed by atoms with E-state index in [-0.39, 0.29) is 11.4 Å². The normalized spacial score (nSPS) is 11.4. The number of nitrogens with zero attached hydrogens (tertiary/aromatic N) is 3. The Morgan fingerprint density at radius 3 is 2.72 bits per heavy atom. The van der Waals surface area contributed by atoms with E-state index in [9.17, 15) is 9.18 Å². The molecule has 0 amide bonds. The Balaban J connectivity index is 1.65. The second-order valence-corrected chi connectivity index (χ2v) is 7.89. The summed E-state index contributed by atoms with van der Waals surface area (Å²) in [4.78, 5) is 22.8. The fourth-order valence-corrected chi connectivity index (χ4v) is 4.55. The van der Waals surface area contributed by atoms with Crippen LogP contribution in [0.25, 0.3) is 32.2 Å². The first-order valence-corrected chi connectivity index (χ1v) is 10.1. The van der Waals surface area contributed by atoms with E-state index in [0.717, 1.165) is 27.6 Å². The van der Waals surface area contributed by atoms with Crippen molar-refractivity contribution in [3.05, 3.63) is 93.2 Å². The Labute approximate surface area is 173 Å². The molecule has 3 aromatic heterocycles. The van der Waals surface area contributed by atoms with Gasteiger partial charge in [0.15, 0.2) is 0 Å². The zero-order chi connectivity index (χ0) is 20.0. The summed E-state index contributed by atoms with van der Waals surface area (Å²) in [5.74, 6) is -0.314. The lowest BCUT2D eigenvalue weighted by Gasteiger charge is -2.10. The van der Waals surface area contributed by atoms with E-state index in [4.69, 9.17) is 11.6 Å². The highest BCUT2D eigenvalue weighted by atomic mass is 35.5. The molecule has 0 radical (unpaired) electrons. The van der Waals surface area contributed by atoms with E-state index in [1.54, 1.807) is 29.2 Å². The lowest BCUT2D eigenvalue weighted by atomic mass is 10.1. The zero-order valence-electron chi connectivity index (χ0n) is 15.0. The summed E-state index contributed by atoms with van der Waals surface area (Å²) < 4.78 is 14.9. The lowest BCUT2D eigenvalue weighted by Crippen LogP contribution is -2.21. The van der Waals surface area contributed by atoms with Gasteiger partial charge in [-0.25, -0.2) is 9.37 Å². The summed E-state index contributed by atoms with van der Waals surface area (Å²) >= 11 is 7.68. The quantitative estimate of drug-likeness (QED) is 0.385. The molecule has 3 heterocycles. The number of hydrogen-bond donors (Lipinski definition) is 0. The Kier molecular flexibility index (Phi) is 4.38. The van der Waals surface area contributed by atoms with Gasteiger partial charge >= 0.3 is 0 Å². The van der Waals surface area contributed by atoms with Gasteiger partial charge in [-0.15, -0.1) is 11.3 Å². The van der Waals surface area contributed by atoms with E-state index >= 15 is 0 Å². The highest BCUT2D eigenvalue weighted by Gasteiger charge is 2.15. The predicted molar refractivity (Wildman–Crippen MR) is 115 cm³/mol. The average molecular weight is 422 g/mol. The van der Waals surface area contributed by atoms with Crippen molar-refractivity contribution in [2.75, 3.05) is 0 Å². The van der Waals surface area contributed by atoms with Crippen LogP contribution in [0.2, 0.25) is 5.02 Å². The van der Waals surface area contributed by atoms with Gasteiger partial charge in [-0.1, -0.05) is 29.8 Å². The van der Waals surface area contributed by atoms with Crippen LogP contribution in [-0.4, -0.2) is 14.5 Å². The zero-order valence-corrected chi connectivity index (χ0v) is 16.5. The average Bonchev–Trinajstić information content (AvgIpc) is 3.18. The third-order valence-corrected chi connectivity index (χ3v) is 6.07. The molecule has 0 saturated heterocycles. The van der Waals surface area contributed by atoms with Gasteiger partial charge in [0.25, 0.3) is 5.56 Å². The van der Waals surface area contributed by atoms with Gasteiger partial charge in [0, 0.05) is 27.5 Å². The first-order chi connectivity index (χ1) is 14.1. The molecule has 142 valence electrons. The van der Waals surface area contributed by atoms with E-state index in [2.05, 4.69) is 9.97 Å². The molecule has 0 saturated carbocycles. The Morgan fingerprint density at radius 1 is 1.07 bits per heavy atom. The minimum Gasteiger partial charge on any atom is -0.294 e. The number of thiophene rings is 1. The molecule has 0 bridgehead atoms. The maximum atomic E-state index is 13.3. The predicted octanol–water partition coefficient (Wildman–Crippen LogP) is 5.51. The number of benzene rings is 2. The van der Waals surface area contributed by atoms with E-state index in [1.165, 1.54) is 23.5 Å². The molecule has 0 aliphatic heterocycles. The van der Waals surface area contributed by atoms with Crippen molar-refractivity contribution in [1.29, 1.82) is 0 Å². The second kappa shape index (κ2) is 7.06. The van der Waals surface area contributed by atoms with Crippen LogP contribution < -0.4 is 5.56 Å². The number of rotatable bonds is 3. The first-order valence-electron chi connectivity index (χ1n) is 8.86. The molecule has 4 nitrogen and oxygen atoms in total.